The summed E-state index contributed by atoms with van der Waals surface area (Å²) in [4.78, 5) is 5.09. The first-order valence-corrected chi connectivity index (χ1v) is 9.20. The number of aromatic nitrogens is 1. The Hall–Kier alpha value is -1.15. The lowest BCUT2D eigenvalue weighted by atomic mass is 9.50. The van der Waals surface area contributed by atoms with E-state index in [0.29, 0.717) is 5.41 Å². The summed E-state index contributed by atoms with van der Waals surface area (Å²) in [5.41, 5.74) is 2.91. The summed E-state index contributed by atoms with van der Waals surface area (Å²) in [5, 5.41) is 3.73. The van der Waals surface area contributed by atoms with E-state index in [4.69, 9.17) is 4.98 Å². The molecule has 108 valence electrons. The summed E-state index contributed by atoms with van der Waals surface area (Å²) >= 11 is 1.92. The average molecular weight is 295 g/mol. The molecule has 1 heterocycles. The molecule has 4 saturated carbocycles. The third-order valence-corrected chi connectivity index (χ3v) is 7.15. The summed E-state index contributed by atoms with van der Waals surface area (Å²) in [5.74, 6) is 3.00. The van der Waals surface area contributed by atoms with E-state index in [1.165, 1.54) is 54.8 Å². The Kier molecular flexibility index (Phi) is 2.61. The van der Waals surface area contributed by atoms with E-state index in [0.717, 1.165) is 17.8 Å². The maximum atomic E-state index is 5.09. The van der Waals surface area contributed by atoms with E-state index in [1.807, 2.05) is 11.3 Å². The lowest BCUT2D eigenvalue weighted by Crippen LogP contribution is -2.48. The van der Waals surface area contributed by atoms with Crippen molar-refractivity contribution in [2.75, 3.05) is 0 Å². The molecule has 0 saturated heterocycles. The van der Waals surface area contributed by atoms with Crippen LogP contribution in [0.1, 0.15) is 43.5 Å². The molecule has 1 aromatic heterocycles. The van der Waals surface area contributed by atoms with Gasteiger partial charge in [0, 0.05) is 16.4 Å². The van der Waals surface area contributed by atoms with E-state index < -0.39 is 0 Å². The van der Waals surface area contributed by atoms with Gasteiger partial charge in [-0.3, -0.25) is 0 Å². The smallest absolute Gasteiger partial charge is 0.0994 e. The molecule has 0 spiro atoms. The van der Waals surface area contributed by atoms with Crippen LogP contribution in [-0.4, -0.2) is 4.98 Å². The van der Waals surface area contributed by atoms with Crippen molar-refractivity contribution in [1.82, 2.24) is 4.98 Å². The van der Waals surface area contributed by atoms with Gasteiger partial charge in [-0.05, 0) is 56.3 Å². The summed E-state index contributed by atoms with van der Waals surface area (Å²) in [6.07, 6.45) is 8.78. The lowest BCUT2D eigenvalue weighted by molar-refractivity contribution is -0.00524. The molecule has 0 N–H and O–H groups in total. The molecule has 1 aromatic carbocycles. The fourth-order valence-corrected chi connectivity index (χ4v) is 6.69. The molecule has 2 aromatic rings. The second-order valence-electron chi connectivity index (χ2n) is 7.60. The van der Waals surface area contributed by atoms with E-state index in [1.54, 1.807) is 0 Å². The maximum Gasteiger partial charge on any atom is 0.0994 e. The molecule has 0 atom stereocenters. The molecule has 0 aliphatic heterocycles. The van der Waals surface area contributed by atoms with Gasteiger partial charge >= 0.3 is 0 Å². The SMILES string of the molecule is c1ccc(-c2csc(C34CC5CC(CC(C5)C3)C4)n2)cc1. The highest BCUT2D eigenvalue weighted by atomic mass is 32.1. The largest absolute Gasteiger partial charge is 0.241 e. The van der Waals surface area contributed by atoms with Crippen LogP contribution in [0.4, 0.5) is 0 Å². The topological polar surface area (TPSA) is 12.9 Å². The summed E-state index contributed by atoms with van der Waals surface area (Å²) in [7, 11) is 0. The molecule has 0 amide bonds. The van der Waals surface area contributed by atoms with Gasteiger partial charge in [-0.1, -0.05) is 30.3 Å². The number of hydrogen-bond acceptors (Lipinski definition) is 2. The molecule has 0 unspecified atom stereocenters. The standard InChI is InChI=1S/C19H21NS/c1-2-4-16(5-3-1)17-12-21-18(20-17)19-9-13-6-14(10-19)8-15(7-13)11-19/h1-5,12-15H,6-11H2. The number of benzene rings is 1. The molecule has 4 aliphatic rings. The second-order valence-corrected chi connectivity index (χ2v) is 8.46. The van der Waals surface area contributed by atoms with Crippen LogP contribution in [0, 0.1) is 17.8 Å². The van der Waals surface area contributed by atoms with Crippen molar-refractivity contribution < 1.29 is 0 Å². The van der Waals surface area contributed by atoms with Gasteiger partial charge < -0.3 is 0 Å². The van der Waals surface area contributed by atoms with Gasteiger partial charge in [-0.15, -0.1) is 11.3 Å². The van der Waals surface area contributed by atoms with Crippen molar-refractivity contribution in [3.8, 4) is 11.3 Å². The molecule has 4 bridgehead atoms. The minimum atomic E-state index is 0.451. The highest BCUT2D eigenvalue weighted by Crippen LogP contribution is 2.61. The van der Waals surface area contributed by atoms with Crippen LogP contribution in [0.3, 0.4) is 0 Å². The number of thiazole rings is 1. The monoisotopic (exact) mass is 295 g/mol. The molecule has 0 radical (unpaired) electrons. The van der Waals surface area contributed by atoms with Crippen molar-refractivity contribution >= 4 is 11.3 Å². The zero-order chi connectivity index (χ0) is 13.9. The molecule has 21 heavy (non-hydrogen) atoms. The summed E-state index contributed by atoms with van der Waals surface area (Å²) in [6.45, 7) is 0. The van der Waals surface area contributed by atoms with Crippen LogP contribution in [0.25, 0.3) is 11.3 Å². The van der Waals surface area contributed by atoms with E-state index in [9.17, 15) is 0 Å². The predicted molar refractivity (Wildman–Crippen MR) is 87.4 cm³/mol. The Morgan fingerprint density at radius 3 is 2.14 bits per heavy atom. The first-order valence-electron chi connectivity index (χ1n) is 8.32. The minimum absolute atomic E-state index is 0.451. The highest BCUT2D eigenvalue weighted by Gasteiger charge is 2.52. The van der Waals surface area contributed by atoms with Crippen LogP contribution in [0.5, 0.6) is 0 Å². The zero-order valence-electron chi connectivity index (χ0n) is 12.3. The number of hydrogen-bond donors (Lipinski definition) is 0. The first kappa shape index (κ1) is 12.4. The third-order valence-electron chi connectivity index (χ3n) is 6.07. The lowest BCUT2D eigenvalue weighted by Gasteiger charge is -2.56. The van der Waals surface area contributed by atoms with Gasteiger partial charge in [-0.25, -0.2) is 4.98 Å². The molecule has 1 nitrogen and oxygen atoms in total. The van der Waals surface area contributed by atoms with Crippen molar-refractivity contribution in [2.45, 2.75) is 43.9 Å². The van der Waals surface area contributed by atoms with Crippen LogP contribution >= 0.6 is 11.3 Å². The van der Waals surface area contributed by atoms with E-state index >= 15 is 0 Å². The van der Waals surface area contributed by atoms with Crippen LogP contribution in [-0.2, 0) is 5.41 Å². The van der Waals surface area contributed by atoms with E-state index in [2.05, 4.69) is 35.7 Å². The Morgan fingerprint density at radius 1 is 0.905 bits per heavy atom. The highest BCUT2D eigenvalue weighted by molar-refractivity contribution is 7.10. The fourth-order valence-electron chi connectivity index (χ4n) is 5.63. The van der Waals surface area contributed by atoms with Gasteiger partial charge in [0.2, 0.25) is 0 Å². The normalized spacial score (nSPS) is 37.0. The molecule has 6 rings (SSSR count). The first-order chi connectivity index (χ1) is 10.3. The van der Waals surface area contributed by atoms with Crippen molar-refractivity contribution in [1.29, 1.82) is 0 Å². The van der Waals surface area contributed by atoms with Crippen LogP contribution < -0.4 is 0 Å². The fraction of sp³-hybridized carbons (Fsp3) is 0.526. The second kappa shape index (κ2) is 4.42. The molecular weight excluding hydrogens is 274 g/mol. The molecule has 2 heteroatoms. The van der Waals surface area contributed by atoms with Crippen LogP contribution in [0.2, 0.25) is 0 Å². The van der Waals surface area contributed by atoms with Crippen LogP contribution in [0.15, 0.2) is 35.7 Å². The molecular formula is C19H21NS. The van der Waals surface area contributed by atoms with E-state index in [-0.39, 0.29) is 0 Å². The summed E-state index contributed by atoms with van der Waals surface area (Å²) < 4.78 is 0. The molecule has 4 fully saturated rings. The third kappa shape index (κ3) is 1.92. The molecule has 4 aliphatic carbocycles. The Morgan fingerprint density at radius 2 is 1.52 bits per heavy atom. The van der Waals surface area contributed by atoms with Gasteiger partial charge in [0.15, 0.2) is 0 Å². The zero-order valence-corrected chi connectivity index (χ0v) is 13.1. The number of nitrogens with zero attached hydrogens (tertiary/aromatic N) is 1. The van der Waals surface area contributed by atoms with Gasteiger partial charge in [0.05, 0.1) is 10.7 Å². The summed E-state index contributed by atoms with van der Waals surface area (Å²) in [6, 6.07) is 10.7. The number of rotatable bonds is 2. The Bertz CT molecular complexity index is 622. The Balaban J connectivity index is 1.52. The predicted octanol–water partition coefficient (Wildman–Crippen LogP) is 5.28. The van der Waals surface area contributed by atoms with Crippen molar-refractivity contribution in [2.24, 2.45) is 17.8 Å². The minimum Gasteiger partial charge on any atom is -0.241 e. The Labute approximate surface area is 130 Å². The average Bonchev–Trinajstić information content (AvgIpc) is 2.97. The quantitative estimate of drug-likeness (QED) is 0.734. The van der Waals surface area contributed by atoms with Gasteiger partial charge in [0.1, 0.15) is 0 Å². The van der Waals surface area contributed by atoms with Gasteiger partial charge in [0.25, 0.3) is 0 Å². The van der Waals surface area contributed by atoms with Crippen molar-refractivity contribution in [3.63, 3.8) is 0 Å². The van der Waals surface area contributed by atoms with Gasteiger partial charge in [-0.2, -0.15) is 0 Å². The maximum absolute atomic E-state index is 5.09. The van der Waals surface area contributed by atoms with Crippen molar-refractivity contribution in [3.05, 3.63) is 40.7 Å².